The van der Waals surface area contributed by atoms with Gasteiger partial charge in [0, 0.05) is 25.0 Å². The molecule has 0 aromatic carbocycles. The molecule has 0 aliphatic carbocycles. The van der Waals surface area contributed by atoms with Crippen molar-refractivity contribution in [1.29, 1.82) is 5.26 Å². The summed E-state index contributed by atoms with van der Waals surface area (Å²) in [7, 11) is 1.82. The molecule has 106 valence electrons. The zero-order valence-corrected chi connectivity index (χ0v) is 13.1. The summed E-state index contributed by atoms with van der Waals surface area (Å²) in [5.74, 6) is 1.50. The summed E-state index contributed by atoms with van der Waals surface area (Å²) in [5, 5.41) is 13.1. The lowest BCUT2D eigenvalue weighted by Crippen LogP contribution is -2.29. The van der Waals surface area contributed by atoms with E-state index in [1.165, 1.54) is 4.88 Å². The number of fused-ring (bicyclic) bond motifs is 1. The standard InChI is InChI=1S/C14H19N5S/c1-5-19(8-9(2)7-15)12-11-6-10(3)20-13(11)18-14(16-4)17-12/h6,9H,5,8H2,1-4H3,(H,16,17,18). The minimum atomic E-state index is -0.0299. The van der Waals surface area contributed by atoms with Gasteiger partial charge in [-0.3, -0.25) is 0 Å². The Balaban J connectivity index is 2.52. The van der Waals surface area contributed by atoms with Gasteiger partial charge >= 0.3 is 0 Å². The Morgan fingerprint density at radius 1 is 1.50 bits per heavy atom. The Kier molecular flexibility index (Phi) is 4.40. The Labute approximate surface area is 123 Å². The first-order valence-electron chi connectivity index (χ1n) is 6.69. The molecule has 20 heavy (non-hydrogen) atoms. The summed E-state index contributed by atoms with van der Waals surface area (Å²) in [6.07, 6.45) is 0. The quantitative estimate of drug-likeness (QED) is 0.916. The highest BCUT2D eigenvalue weighted by Crippen LogP contribution is 2.31. The summed E-state index contributed by atoms with van der Waals surface area (Å²) in [5.41, 5.74) is 0. The van der Waals surface area contributed by atoms with E-state index in [2.05, 4.69) is 46.2 Å². The van der Waals surface area contributed by atoms with Crippen LogP contribution in [0.15, 0.2) is 6.07 Å². The molecule has 0 aliphatic rings. The molecule has 0 saturated heterocycles. The molecule has 0 amide bonds. The number of hydrogen-bond donors (Lipinski definition) is 1. The monoisotopic (exact) mass is 289 g/mol. The predicted molar refractivity (Wildman–Crippen MR) is 84.4 cm³/mol. The molecule has 2 rings (SSSR count). The van der Waals surface area contributed by atoms with E-state index in [-0.39, 0.29) is 5.92 Å². The van der Waals surface area contributed by atoms with E-state index in [1.807, 2.05) is 14.0 Å². The number of nitrogens with zero attached hydrogens (tertiary/aromatic N) is 4. The molecule has 2 heterocycles. The maximum Gasteiger partial charge on any atom is 0.225 e. The highest BCUT2D eigenvalue weighted by atomic mass is 32.1. The van der Waals surface area contributed by atoms with Crippen LogP contribution in [-0.2, 0) is 0 Å². The van der Waals surface area contributed by atoms with Crippen molar-refractivity contribution in [3.8, 4) is 6.07 Å². The van der Waals surface area contributed by atoms with Gasteiger partial charge in [-0.05, 0) is 26.8 Å². The number of rotatable bonds is 5. The van der Waals surface area contributed by atoms with Gasteiger partial charge in [-0.2, -0.15) is 10.2 Å². The average molecular weight is 289 g/mol. The first-order chi connectivity index (χ1) is 9.58. The van der Waals surface area contributed by atoms with Crippen LogP contribution in [0.3, 0.4) is 0 Å². The van der Waals surface area contributed by atoms with Crippen LogP contribution in [-0.4, -0.2) is 30.1 Å². The van der Waals surface area contributed by atoms with Crippen LogP contribution >= 0.6 is 11.3 Å². The molecule has 0 spiro atoms. The van der Waals surface area contributed by atoms with Gasteiger partial charge in [-0.15, -0.1) is 11.3 Å². The Hall–Kier alpha value is -1.87. The number of nitrogens with one attached hydrogen (secondary N) is 1. The van der Waals surface area contributed by atoms with E-state index in [4.69, 9.17) is 5.26 Å². The molecule has 5 nitrogen and oxygen atoms in total. The summed E-state index contributed by atoms with van der Waals surface area (Å²) in [4.78, 5) is 13.4. The summed E-state index contributed by atoms with van der Waals surface area (Å²) in [6.45, 7) is 7.58. The van der Waals surface area contributed by atoms with Crippen LogP contribution in [0.25, 0.3) is 10.2 Å². The van der Waals surface area contributed by atoms with E-state index in [1.54, 1.807) is 11.3 Å². The van der Waals surface area contributed by atoms with Crippen molar-refractivity contribution in [1.82, 2.24) is 9.97 Å². The van der Waals surface area contributed by atoms with E-state index < -0.39 is 0 Å². The highest BCUT2D eigenvalue weighted by Gasteiger charge is 2.17. The number of nitriles is 1. The first-order valence-corrected chi connectivity index (χ1v) is 7.51. The number of hydrogen-bond acceptors (Lipinski definition) is 6. The van der Waals surface area contributed by atoms with Gasteiger partial charge in [0.1, 0.15) is 10.6 Å². The lowest BCUT2D eigenvalue weighted by Gasteiger charge is -2.24. The lowest BCUT2D eigenvalue weighted by molar-refractivity contribution is 0.681. The molecular weight excluding hydrogens is 270 g/mol. The largest absolute Gasteiger partial charge is 0.357 e. The third kappa shape index (κ3) is 2.83. The molecule has 0 fully saturated rings. The number of anilines is 2. The van der Waals surface area contributed by atoms with Crippen LogP contribution in [0, 0.1) is 24.2 Å². The molecule has 1 N–H and O–H groups in total. The first kappa shape index (κ1) is 14.5. The summed E-state index contributed by atoms with van der Waals surface area (Å²) < 4.78 is 0. The molecule has 0 saturated carbocycles. The maximum absolute atomic E-state index is 9.02. The van der Waals surface area contributed by atoms with Gasteiger partial charge < -0.3 is 10.2 Å². The zero-order valence-electron chi connectivity index (χ0n) is 12.3. The van der Waals surface area contributed by atoms with E-state index in [9.17, 15) is 0 Å². The summed E-state index contributed by atoms with van der Waals surface area (Å²) >= 11 is 1.67. The fraction of sp³-hybridized carbons (Fsp3) is 0.500. The van der Waals surface area contributed by atoms with Gasteiger partial charge in [-0.1, -0.05) is 0 Å². The molecule has 0 bridgehead atoms. The van der Waals surface area contributed by atoms with Gasteiger partial charge in [0.25, 0.3) is 0 Å². The van der Waals surface area contributed by atoms with Crippen molar-refractivity contribution >= 4 is 33.3 Å². The second kappa shape index (κ2) is 6.06. The van der Waals surface area contributed by atoms with Crippen molar-refractivity contribution in [2.75, 3.05) is 30.4 Å². The Morgan fingerprint density at radius 2 is 2.25 bits per heavy atom. The third-order valence-corrected chi connectivity index (χ3v) is 4.06. The molecule has 0 radical (unpaired) electrons. The van der Waals surface area contributed by atoms with Gasteiger partial charge in [-0.25, -0.2) is 4.98 Å². The van der Waals surface area contributed by atoms with Gasteiger partial charge in [0.15, 0.2) is 0 Å². The Bertz CT molecular complexity index is 643. The van der Waals surface area contributed by atoms with Gasteiger partial charge in [0.05, 0.1) is 17.4 Å². The van der Waals surface area contributed by atoms with Crippen LogP contribution < -0.4 is 10.2 Å². The second-order valence-corrected chi connectivity index (χ2v) is 6.00. The molecule has 2 aromatic heterocycles. The van der Waals surface area contributed by atoms with Crippen LogP contribution in [0.4, 0.5) is 11.8 Å². The van der Waals surface area contributed by atoms with Crippen LogP contribution in [0.2, 0.25) is 0 Å². The third-order valence-electron chi connectivity index (χ3n) is 3.12. The minimum absolute atomic E-state index is 0.0299. The molecular formula is C14H19N5S. The molecule has 0 aliphatic heterocycles. The number of aromatic nitrogens is 2. The van der Waals surface area contributed by atoms with Gasteiger partial charge in [0.2, 0.25) is 5.95 Å². The van der Waals surface area contributed by atoms with E-state index in [0.29, 0.717) is 12.5 Å². The van der Waals surface area contributed by atoms with Crippen molar-refractivity contribution < 1.29 is 0 Å². The molecule has 1 atom stereocenters. The second-order valence-electron chi connectivity index (χ2n) is 4.77. The van der Waals surface area contributed by atoms with Crippen molar-refractivity contribution in [3.05, 3.63) is 10.9 Å². The predicted octanol–water partition coefficient (Wildman–Crippen LogP) is 3.03. The van der Waals surface area contributed by atoms with Crippen molar-refractivity contribution in [3.63, 3.8) is 0 Å². The average Bonchev–Trinajstić information content (AvgIpc) is 2.83. The topological polar surface area (TPSA) is 64.8 Å². The molecule has 1 unspecified atom stereocenters. The minimum Gasteiger partial charge on any atom is -0.357 e. The fourth-order valence-electron chi connectivity index (χ4n) is 2.12. The zero-order chi connectivity index (χ0) is 14.7. The fourth-order valence-corrected chi connectivity index (χ4v) is 2.99. The number of thiophene rings is 1. The van der Waals surface area contributed by atoms with Crippen LogP contribution in [0.5, 0.6) is 0 Å². The highest BCUT2D eigenvalue weighted by molar-refractivity contribution is 7.18. The Morgan fingerprint density at radius 3 is 2.85 bits per heavy atom. The molecule has 6 heteroatoms. The van der Waals surface area contributed by atoms with Crippen molar-refractivity contribution in [2.24, 2.45) is 5.92 Å². The molecule has 2 aromatic rings. The smallest absolute Gasteiger partial charge is 0.225 e. The SMILES string of the molecule is CCN(CC(C)C#N)c1nc(NC)nc2sc(C)cc12. The maximum atomic E-state index is 9.02. The van der Waals surface area contributed by atoms with E-state index >= 15 is 0 Å². The number of aryl methyl sites for hydroxylation is 1. The summed E-state index contributed by atoms with van der Waals surface area (Å²) in [6, 6.07) is 4.40. The normalized spacial score (nSPS) is 12.2. The van der Waals surface area contributed by atoms with Crippen molar-refractivity contribution in [2.45, 2.75) is 20.8 Å². The van der Waals surface area contributed by atoms with Crippen LogP contribution in [0.1, 0.15) is 18.7 Å². The van der Waals surface area contributed by atoms with E-state index in [0.717, 1.165) is 22.6 Å². The lowest BCUT2D eigenvalue weighted by atomic mass is 10.2.